The van der Waals surface area contributed by atoms with Crippen LogP contribution in [0.5, 0.6) is 11.6 Å². The molecule has 2 rings (SSSR count). The van der Waals surface area contributed by atoms with Crippen molar-refractivity contribution >= 4 is 21.8 Å². The van der Waals surface area contributed by atoms with Crippen LogP contribution in [0.2, 0.25) is 0 Å². The van der Waals surface area contributed by atoms with E-state index in [1.807, 2.05) is 6.92 Å². The lowest BCUT2D eigenvalue weighted by Crippen LogP contribution is -2.12. The van der Waals surface area contributed by atoms with Crippen molar-refractivity contribution in [1.82, 2.24) is 9.78 Å². The standard InChI is InChI=1S/C12H12BrFN4O/c1-6-5-9(18(2)17-6)19-8-4-3-7(12(15)16)10(13)11(8)14/h3-5H,1-2H3,(H3,15,16). The number of nitrogens with one attached hydrogen (secondary N) is 1. The molecule has 100 valence electrons. The van der Waals surface area contributed by atoms with Crippen LogP contribution in [0.1, 0.15) is 11.3 Å². The van der Waals surface area contributed by atoms with E-state index in [2.05, 4.69) is 21.0 Å². The summed E-state index contributed by atoms with van der Waals surface area (Å²) in [5.41, 5.74) is 6.40. The van der Waals surface area contributed by atoms with Crippen molar-refractivity contribution in [3.8, 4) is 11.6 Å². The van der Waals surface area contributed by atoms with Crippen molar-refractivity contribution in [1.29, 1.82) is 5.41 Å². The van der Waals surface area contributed by atoms with Gasteiger partial charge in [0.25, 0.3) is 0 Å². The molecule has 0 saturated carbocycles. The van der Waals surface area contributed by atoms with Gasteiger partial charge in [-0.2, -0.15) is 5.10 Å². The molecule has 3 N–H and O–H groups in total. The van der Waals surface area contributed by atoms with Gasteiger partial charge in [0, 0.05) is 18.7 Å². The molecular weight excluding hydrogens is 315 g/mol. The van der Waals surface area contributed by atoms with Crippen LogP contribution >= 0.6 is 15.9 Å². The Hall–Kier alpha value is -1.89. The minimum Gasteiger partial charge on any atom is -0.436 e. The fourth-order valence-electron chi connectivity index (χ4n) is 1.61. The maximum absolute atomic E-state index is 14.1. The highest BCUT2D eigenvalue weighted by Crippen LogP contribution is 2.31. The Labute approximate surface area is 117 Å². The van der Waals surface area contributed by atoms with Gasteiger partial charge in [0.1, 0.15) is 5.84 Å². The Morgan fingerprint density at radius 2 is 2.21 bits per heavy atom. The second-order valence-corrected chi connectivity index (χ2v) is 4.80. The lowest BCUT2D eigenvalue weighted by molar-refractivity contribution is 0.402. The van der Waals surface area contributed by atoms with Crippen LogP contribution in [-0.2, 0) is 7.05 Å². The molecule has 5 nitrogen and oxygen atoms in total. The third-order valence-electron chi connectivity index (χ3n) is 2.51. The third kappa shape index (κ3) is 2.60. The second-order valence-electron chi connectivity index (χ2n) is 4.00. The van der Waals surface area contributed by atoms with Gasteiger partial charge in [0.2, 0.25) is 5.88 Å². The van der Waals surface area contributed by atoms with Gasteiger partial charge in [-0.05, 0) is 35.0 Å². The van der Waals surface area contributed by atoms with E-state index in [0.29, 0.717) is 5.88 Å². The highest BCUT2D eigenvalue weighted by atomic mass is 79.9. The minimum absolute atomic E-state index is 0.0416. The first-order valence-electron chi connectivity index (χ1n) is 5.41. The summed E-state index contributed by atoms with van der Waals surface area (Å²) in [6.45, 7) is 1.82. The van der Waals surface area contributed by atoms with E-state index < -0.39 is 5.82 Å². The normalized spacial score (nSPS) is 10.5. The van der Waals surface area contributed by atoms with E-state index in [1.54, 1.807) is 13.1 Å². The van der Waals surface area contributed by atoms with Crippen LogP contribution in [-0.4, -0.2) is 15.6 Å². The van der Waals surface area contributed by atoms with Crippen LogP contribution in [0, 0.1) is 18.2 Å². The zero-order valence-electron chi connectivity index (χ0n) is 10.4. The summed E-state index contributed by atoms with van der Waals surface area (Å²) in [6, 6.07) is 4.65. The Bertz CT molecular complexity index is 653. The second kappa shape index (κ2) is 5.00. The van der Waals surface area contributed by atoms with Crippen LogP contribution in [0.3, 0.4) is 0 Å². The summed E-state index contributed by atoms with van der Waals surface area (Å²) < 4.78 is 21.2. The number of hydrogen-bond donors (Lipinski definition) is 2. The predicted molar refractivity (Wildman–Crippen MR) is 73.1 cm³/mol. The first kappa shape index (κ1) is 13.5. The zero-order chi connectivity index (χ0) is 14.2. The molecule has 0 aliphatic heterocycles. The van der Waals surface area contributed by atoms with Gasteiger partial charge in [0.05, 0.1) is 10.2 Å². The number of hydrogen-bond acceptors (Lipinski definition) is 3. The molecule has 1 aromatic heterocycles. The average Bonchev–Trinajstić information content (AvgIpc) is 2.63. The van der Waals surface area contributed by atoms with Gasteiger partial charge in [-0.15, -0.1) is 0 Å². The third-order valence-corrected chi connectivity index (χ3v) is 3.29. The lowest BCUT2D eigenvalue weighted by atomic mass is 10.2. The van der Waals surface area contributed by atoms with E-state index in [0.717, 1.165) is 5.69 Å². The molecule has 0 aliphatic rings. The molecule has 0 fully saturated rings. The summed E-state index contributed by atoms with van der Waals surface area (Å²) >= 11 is 3.07. The van der Waals surface area contributed by atoms with Crippen LogP contribution in [0.15, 0.2) is 22.7 Å². The first-order chi connectivity index (χ1) is 8.90. The molecule has 0 saturated heterocycles. The van der Waals surface area contributed by atoms with E-state index in [4.69, 9.17) is 15.9 Å². The van der Waals surface area contributed by atoms with Gasteiger partial charge in [-0.25, -0.2) is 9.07 Å². The number of aryl methyl sites for hydroxylation is 2. The average molecular weight is 327 g/mol. The molecule has 0 unspecified atom stereocenters. The molecule has 0 amide bonds. The highest BCUT2D eigenvalue weighted by Gasteiger charge is 2.15. The number of halogens is 2. The molecular formula is C12H12BrFN4O. The van der Waals surface area contributed by atoms with Crippen molar-refractivity contribution in [2.24, 2.45) is 12.8 Å². The Balaban J connectivity index is 2.39. The summed E-state index contributed by atoms with van der Waals surface area (Å²) in [5.74, 6) is -0.348. The number of ether oxygens (including phenoxy) is 1. The number of nitrogens with two attached hydrogens (primary N) is 1. The number of benzene rings is 1. The van der Waals surface area contributed by atoms with E-state index in [-0.39, 0.29) is 21.6 Å². The monoisotopic (exact) mass is 326 g/mol. The molecule has 7 heteroatoms. The number of nitrogens with zero attached hydrogens (tertiary/aromatic N) is 2. The molecule has 1 heterocycles. The van der Waals surface area contributed by atoms with Crippen molar-refractivity contribution in [2.75, 3.05) is 0 Å². The number of rotatable bonds is 3. The van der Waals surface area contributed by atoms with Gasteiger partial charge in [-0.3, -0.25) is 5.41 Å². The van der Waals surface area contributed by atoms with E-state index in [9.17, 15) is 4.39 Å². The fourth-order valence-corrected chi connectivity index (χ4v) is 2.15. The quantitative estimate of drug-likeness (QED) is 0.672. The minimum atomic E-state index is -0.605. The maximum atomic E-state index is 14.1. The Kier molecular flexibility index (Phi) is 3.57. The van der Waals surface area contributed by atoms with Gasteiger partial charge < -0.3 is 10.5 Å². The first-order valence-corrected chi connectivity index (χ1v) is 6.20. The predicted octanol–water partition coefficient (Wildman–Crippen LogP) is 2.71. The van der Waals surface area contributed by atoms with Gasteiger partial charge in [-0.1, -0.05) is 0 Å². The maximum Gasteiger partial charge on any atom is 0.217 e. The summed E-state index contributed by atoms with van der Waals surface area (Å²) in [7, 11) is 1.71. The molecule has 0 bridgehead atoms. The van der Waals surface area contributed by atoms with Crippen molar-refractivity contribution in [2.45, 2.75) is 6.92 Å². The Morgan fingerprint density at radius 1 is 1.53 bits per heavy atom. The SMILES string of the molecule is Cc1cc(Oc2ccc(C(=N)N)c(Br)c2F)n(C)n1. The highest BCUT2D eigenvalue weighted by molar-refractivity contribution is 9.10. The molecule has 0 atom stereocenters. The molecule has 0 spiro atoms. The zero-order valence-corrected chi connectivity index (χ0v) is 12.0. The number of aromatic nitrogens is 2. The molecule has 2 aromatic rings. The van der Waals surface area contributed by atoms with Crippen molar-refractivity contribution in [3.63, 3.8) is 0 Å². The van der Waals surface area contributed by atoms with E-state index >= 15 is 0 Å². The molecule has 1 aromatic carbocycles. The summed E-state index contributed by atoms with van der Waals surface area (Å²) in [5, 5.41) is 11.4. The molecule has 19 heavy (non-hydrogen) atoms. The Morgan fingerprint density at radius 3 is 2.74 bits per heavy atom. The van der Waals surface area contributed by atoms with Crippen LogP contribution in [0.4, 0.5) is 4.39 Å². The van der Waals surface area contributed by atoms with E-state index in [1.165, 1.54) is 16.8 Å². The van der Waals surface area contributed by atoms with Crippen LogP contribution in [0.25, 0.3) is 0 Å². The summed E-state index contributed by atoms with van der Waals surface area (Å²) in [6.07, 6.45) is 0. The van der Waals surface area contributed by atoms with Gasteiger partial charge >= 0.3 is 0 Å². The summed E-state index contributed by atoms with van der Waals surface area (Å²) in [4.78, 5) is 0. The smallest absolute Gasteiger partial charge is 0.217 e. The topological polar surface area (TPSA) is 76.9 Å². The molecule has 0 aliphatic carbocycles. The lowest BCUT2D eigenvalue weighted by Gasteiger charge is -2.10. The number of nitrogen functional groups attached to an aromatic ring is 1. The van der Waals surface area contributed by atoms with Crippen molar-refractivity contribution in [3.05, 3.63) is 39.7 Å². The van der Waals surface area contributed by atoms with Gasteiger partial charge in [0.15, 0.2) is 11.6 Å². The fraction of sp³-hybridized carbons (Fsp3) is 0.167. The van der Waals surface area contributed by atoms with Crippen molar-refractivity contribution < 1.29 is 9.13 Å². The molecule has 0 radical (unpaired) electrons. The number of amidine groups is 1. The van der Waals surface area contributed by atoms with Crippen LogP contribution < -0.4 is 10.5 Å². The largest absolute Gasteiger partial charge is 0.436 e.